The Morgan fingerprint density at radius 3 is 2.85 bits per heavy atom. The maximum absolute atomic E-state index is 9.78. The van der Waals surface area contributed by atoms with Gasteiger partial charge in [0, 0.05) is 19.3 Å². The summed E-state index contributed by atoms with van der Waals surface area (Å²) in [7, 11) is 0. The topological polar surface area (TPSA) is 36.4 Å². The summed E-state index contributed by atoms with van der Waals surface area (Å²) in [6, 6.07) is 5.83. The fourth-order valence-corrected chi connectivity index (χ4v) is 1.59. The lowest BCUT2D eigenvalue weighted by molar-refractivity contribution is 0.00807. The minimum atomic E-state index is -0.475. The Balaban J connectivity index is 2.01. The van der Waals surface area contributed by atoms with Crippen molar-refractivity contribution >= 4 is 5.82 Å². The molecule has 0 radical (unpaired) electrons. The van der Waals surface area contributed by atoms with Gasteiger partial charge in [-0.3, -0.25) is 0 Å². The van der Waals surface area contributed by atoms with Crippen LogP contribution >= 0.6 is 0 Å². The molecule has 70 valence electrons. The number of aromatic nitrogens is 1. The molecule has 0 saturated carbocycles. The molecule has 1 aliphatic rings. The summed E-state index contributed by atoms with van der Waals surface area (Å²) >= 11 is 0. The Bertz CT molecular complexity index is 280. The maximum Gasteiger partial charge on any atom is 0.128 e. The first-order chi connectivity index (χ1) is 6.23. The molecule has 13 heavy (non-hydrogen) atoms. The summed E-state index contributed by atoms with van der Waals surface area (Å²) in [5, 5.41) is 9.78. The Kier molecular flexibility index (Phi) is 1.96. The molecule has 1 fully saturated rings. The van der Waals surface area contributed by atoms with E-state index >= 15 is 0 Å². The summed E-state index contributed by atoms with van der Waals surface area (Å²) < 4.78 is 0. The molecule has 1 saturated heterocycles. The Hall–Kier alpha value is -1.09. The molecule has 1 N–H and O–H groups in total. The molecule has 2 rings (SSSR count). The zero-order chi connectivity index (χ0) is 9.31. The third kappa shape index (κ3) is 1.52. The molecule has 0 aromatic carbocycles. The van der Waals surface area contributed by atoms with E-state index in [1.54, 1.807) is 6.20 Å². The summed E-state index contributed by atoms with van der Waals surface area (Å²) in [6.07, 6.45) is 2.59. The number of nitrogens with zero attached hydrogens (tertiary/aromatic N) is 2. The van der Waals surface area contributed by atoms with Gasteiger partial charge in [0.1, 0.15) is 5.82 Å². The second kappa shape index (κ2) is 3.00. The van der Waals surface area contributed by atoms with Crippen molar-refractivity contribution < 1.29 is 5.11 Å². The maximum atomic E-state index is 9.78. The molecular weight excluding hydrogens is 164 g/mol. The third-order valence-corrected chi connectivity index (χ3v) is 2.60. The van der Waals surface area contributed by atoms with Gasteiger partial charge in [0.05, 0.1) is 5.60 Å². The second-order valence-corrected chi connectivity index (χ2v) is 3.62. The van der Waals surface area contributed by atoms with Crippen LogP contribution < -0.4 is 4.90 Å². The Morgan fingerprint density at radius 2 is 2.31 bits per heavy atom. The van der Waals surface area contributed by atoms with E-state index in [-0.39, 0.29) is 0 Å². The van der Waals surface area contributed by atoms with Gasteiger partial charge in [0.2, 0.25) is 0 Å². The van der Waals surface area contributed by atoms with Crippen LogP contribution in [-0.2, 0) is 0 Å². The molecule has 3 heteroatoms. The van der Waals surface area contributed by atoms with Crippen molar-refractivity contribution in [1.82, 2.24) is 4.98 Å². The number of aliphatic hydroxyl groups is 1. The van der Waals surface area contributed by atoms with Crippen molar-refractivity contribution in [3.63, 3.8) is 0 Å². The highest BCUT2D eigenvalue weighted by Crippen LogP contribution is 2.27. The van der Waals surface area contributed by atoms with Crippen LogP contribution in [0.5, 0.6) is 0 Å². The molecule has 0 bridgehead atoms. The number of rotatable bonds is 2. The van der Waals surface area contributed by atoms with Gasteiger partial charge in [-0.1, -0.05) is 13.0 Å². The highest BCUT2D eigenvalue weighted by molar-refractivity contribution is 5.43. The SMILES string of the molecule is CCC1(O)CN(c2ccccn2)C1. The summed E-state index contributed by atoms with van der Waals surface area (Å²) in [4.78, 5) is 6.30. The average Bonchev–Trinajstić information content (AvgIpc) is 2.14. The van der Waals surface area contributed by atoms with Gasteiger partial charge >= 0.3 is 0 Å². The van der Waals surface area contributed by atoms with Crippen LogP contribution in [0.1, 0.15) is 13.3 Å². The Labute approximate surface area is 78.0 Å². The molecule has 3 nitrogen and oxygen atoms in total. The summed E-state index contributed by atoms with van der Waals surface area (Å²) in [5.41, 5.74) is -0.475. The van der Waals surface area contributed by atoms with Gasteiger partial charge in [-0.15, -0.1) is 0 Å². The van der Waals surface area contributed by atoms with E-state index in [0.717, 1.165) is 12.2 Å². The first-order valence-corrected chi connectivity index (χ1v) is 4.62. The lowest BCUT2D eigenvalue weighted by Gasteiger charge is -2.46. The predicted molar refractivity (Wildman–Crippen MR) is 51.7 cm³/mol. The fraction of sp³-hybridized carbons (Fsp3) is 0.500. The quantitative estimate of drug-likeness (QED) is 0.735. The van der Waals surface area contributed by atoms with Crippen LogP contribution in [0.15, 0.2) is 24.4 Å². The van der Waals surface area contributed by atoms with Gasteiger partial charge in [0.15, 0.2) is 0 Å². The van der Waals surface area contributed by atoms with E-state index in [1.165, 1.54) is 0 Å². The largest absolute Gasteiger partial charge is 0.386 e. The summed E-state index contributed by atoms with van der Waals surface area (Å²) in [5.74, 6) is 0.959. The third-order valence-electron chi connectivity index (χ3n) is 2.60. The number of hydrogen-bond acceptors (Lipinski definition) is 3. The molecular formula is C10H14N2O. The van der Waals surface area contributed by atoms with Crippen LogP contribution in [0, 0.1) is 0 Å². The highest BCUT2D eigenvalue weighted by atomic mass is 16.3. The van der Waals surface area contributed by atoms with Crippen molar-refractivity contribution in [3.8, 4) is 0 Å². The zero-order valence-electron chi connectivity index (χ0n) is 7.77. The van der Waals surface area contributed by atoms with E-state index in [1.807, 2.05) is 25.1 Å². The number of hydrogen-bond donors (Lipinski definition) is 1. The molecule has 0 aliphatic carbocycles. The van der Waals surface area contributed by atoms with Crippen LogP contribution in [0.2, 0.25) is 0 Å². The van der Waals surface area contributed by atoms with E-state index in [2.05, 4.69) is 9.88 Å². The first-order valence-electron chi connectivity index (χ1n) is 4.62. The molecule has 0 spiro atoms. The monoisotopic (exact) mass is 178 g/mol. The van der Waals surface area contributed by atoms with Crippen LogP contribution in [0.4, 0.5) is 5.82 Å². The Morgan fingerprint density at radius 1 is 1.54 bits per heavy atom. The van der Waals surface area contributed by atoms with Gasteiger partial charge in [-0.25, -0.2) is 4.98 Å². The lowest BCUT2D eigenvalue weighted by atomic mass is 9.91. The highest BCUT2D eigenvalue weighted by Gasteiger charge is 2.39. The van der Waals surface area contributed by atoms with Crippen molar-refractivity contribution in [2.45, 2.75) is 18.9 Å². The molecule has 0 amide bonds. The number of pyridine rings is 1. The lowest BCUT2D eigenvalue weighted by Crippen LogP contribution is -2.61. The van der Waals surface area contributed by atoms with Gasteiger partial charge in [-0.2, -0.15) is 0 Å². The first kappa shape index (κ1) is 8.51. The number of β-amino-alcohol motifs (C(OH)–C–C–N with tert-alkyl or cyclic N) is 1. The van der Waals surface area contributed by atoms with Crippen LogP contribution in [0.3, 0.4) is 0 Å². The second-order valence-electron chi connectivity index (χ2n) is 3.62. The molecule has 1 aromatic heterocycles. The zero-order valence-corrected chi connectivity index (χ0v) is 7.77. The van der Waals surface area contributed by atoms with Crippen LogP contribution in [-0.4, -0.2) is 28.8 Å². The molecule has 1 aromatic rings. The molecule has 0 atom stereocenters. The molecule has 2 heterocycles. The standard InChI is InChI=1S/C10H14N2O/c1-2-10(13)7-12(8-10)9-5-3-4-6-11-9/h3-6,13H,2,7-8H2,1H3. The van der Waals surface area contributed by atoms with Gasteiger partial charge < -0.3 is 10.0 Å². The molecule has 0 unspecified atom stereocenters. The van der Waals surface area contributed by atoms with Crippen molar-refractivity contribution in [3.05, 3.63) is 24.4 Å². The van der Waals surface area contributed by atoms with Crippen molar-refractivity contribution in [1.29, 1.82) is 0 Å². The van der Waals surface area contributed by atoms with Crippen molar-refractivity contribution in [2.24, 2.45) is 0 Å². The predicted octanol–water partition coefficient (Wildman–Crippen LogP) is 1.04. The van der Waals surface area contributed by atoms with Crippen LogP contribution in [0.25, 0.3) is 0 Å². The smallest absolute Gasteiger partial charge is 0.128 e. The number of anilines is 1. The van der Waals surface area contributed by atoms with E-state index in [4.69, 9.17) is 0 Å². The van der Waals surface area contributed by atoms with Gasteiger partial charge in [0.25, 0.3) is 0 Å². The summed E-state index contributed by atoms with van der Waals surface area (Å²) in [6.45, 7) is 3.43. The minimum absolute atomic E-state index is 0.475. The molecule has 1 aliphatic heterocycles. The average molecular weight is 178 g/mol. The van der Waals surface area contributed by atoms with E-state index in [9.17, 15) is 5.11 Å². The van der Waals surface area contributed by atoms with Crippen molar-refractivity contribution in [2.75, 3.05) is 18.0 Å². The van der Waals surface area contributed by atoms with E-state index < -0.39 is 5.60 Å². The fourth-order valence-electron chi connectivity index (χ4n) is 1.59. The van der Waals surface area contributed by atoms with Gasteiger partial charge in [-0.05, 0) is 18.6 Å². The minimum Gasteiger partial charge on any atom is -0.386 e. The normalized spacial score (nSPS) is 19.7. The van der Waals surface area contributed by atoms with E-state index in [0.29, 0.717) is 13.1 Å².